The fraction of sp³-hybridized carbons (Fsp3) is 0.375. The quantitative estimate of drug-likeness (QED) is 0.937. The van der Waals surface area contributed by atoms with Crippen LogP contribution in [0.2, 0.25) is 0 Å². The molecule has 2 amide bonds. The number of anilines is 1. The Morgan fingerprint density at radius 2 is 2.19 bits per heavy atom. The fourth-order valence-corrected chi connectivity index (χ4v) is 3.20. The molecule has 0 atom stereocenters. The van der Waals surface area contributed by atoms with Gasteiger partial charge >= 0.3 is 6.03 Å². The number of para-hydroxylation sites is 1. The number of hydrogen-bond acceptors (Lipinski definition) is 2. The van der Waals surface area contributed by atoms with Crippen LogP contribution in [0.4, 0.5) is 10.5 Å². The van der Waals surface area contributed by atoms with Crippen molar-refractivity contribution in [1.82, 2.24) is 14.9 Å². The average molecular weight is 282 g/mol. The van der Waals surface area contributed by atoms with Crippen LogP contribution in [0, 0.1) is 0 Å². The van der Waals surface area contributed by atoms with E-state index in [0.717, 1.165) is 18.8 Å². The monoisotopic (exact) mass is 282 g/mol. The topological polar surface area (TPSA) is 50.2 Å². The van der Waals surface area contributed by atoms with E-state index in [2.05, 4.69) is 28.5 Å². The van der Waals surface area contributed by atoms with Crippen LogP contribution in [0.15, 0.2) is 43.0 Å². The number of nitrogens with zero attached hydrogens (tertiary/aromatic N) is 3. The molecule has 1 spiro atoms. The van der Waals surface area contributed by atoms with E-state index in [0.29, 0.717) is 6.54 Å². The van der Waals surface area contributed by atoms with Gasteiger partial charge in [-0.15, -0.1) is 0 Å². The highest BCUT2D eigenvalue weighted by atomic mass is 16.2. The molecule has 1 aliphatic heterocycles. The molecule has 21 heavy (non-hydrogen) atoms. The summed E-state index contributed by atoms with van der Waals surface area (Å²) in [6.45, 7) is 2.18. The minimum Gasteiger partial charge on any atom is -0.336 e. The van der Waals surface area contributed by atoms with Crippen molar-refractivity contribution in [2.24, 2.45) is 0 Å². The highest BCUT2D eigenvalue weighted by molar-refractivity contribution is 5.95. The second kappa shape index (κ2) is 4.62. The number of carbonyl (C=O) groups excluding carboxylic acids is 1. The number of benzene rings is 1. The van der Waals surface area contributed by atoms with Gasteiger partial charge in [-0.3, -0.25) is 4.90 Å². The van der Waals surface area contributed by atoms with E-state index in [1.165, 1.54) is 18.4 Å². The lowest BCUT2D eigenvalue weighted by Crippen LogP contribution is -2.41. The molecule has 0 unspecified atom stereocenters. The molecule has 108 valence electrons. The third-order valence-corrected chi connectivity index (χ3v) is 4.53. The van der Waals surface area contributed by atoms with Crippen LogP contribution in [-0.2, 0) is 12.0 Å². The molecule has 1 saturated carbocycles. The molecule has 0 saturated heterocycles. The molecule has 4 rings (SSSR count). The number of hydrogen-bond donors (Lipinski definition) is 1. The number of imidazole rings is 1. The summed E-state index contributed by atoms with van der Waals surface area (Å²) < 4.78 is 1.96. The van der Waals surface area contributed by atoms with Crippen molar-refractivity contribution in [3.8, 4) is 0 Å². The van der Waals surface area contributed by atoms with Crippen molar-refractivity contribution in [3.63, 3.8) is 0 Å². The number of aromatic nitrogens is 2. The molecule has 1 aliphatic carbocycles. The van der Waals surface area contributed by atoms with Gasteiger partial charge in [0.1, 0.15) is 0 Å². The minimum atomic E-state index is 0.00587. The molecular weight excluding hydrogens is 264 g/mol. The van der Waals surface area contributed by atoms with Crippen molar-refractivity contribution in [2.45, 2.75) is 24.8 Å². The van der Waals surface area contributed by atoms with E-state index in [1.54, 1.807) is 12.5 Å². The Hall–Kier alpha value is -2.30. The van der Waals surface area contributed by atoms with Gasteiger partial charge in [-0.1, -0.05) is 18.2 Å². The lowest BCUT2D eigenvalue weighted by molar-refractivity contribution is 0.246. The number of fused-ring (bicyclic) bond motifs is 2. The van der Waals surface area contributed by atoms with Crippen LogP contribution in [-0.4, -0.2) is 28.7 Å². The van der Waals surface area contributed by atoms with E-state index >= 15 is 0 Å². The number of urea groups is 1. The first-order chi connectivity index (χ1) is 10.3. The van der Waals surface area contributed by atoms with E-state index < -0.39 is 0 Å². The molecule has 5 nitrogen and oxygen atoms in total. The summed E-state index contributed by atoms with van der Waals surface area (Å²) in [5.41, 5.74) is 2.67. The molecule has 1 fully saturated rings. The summed E-state index contributed by atoms with van der Waals surface area (Å²) in [6.07, 6.45) is 7.80. The second-order valence-corrected chi connectivity index (χ2v) is 5.92. The van der Waals surface area contributed by atoms with Gasteiger partial charge in [-0.25, -0.2) is 9.78 Å². The normalized spacial score (nSPS) is 17.8. The van der Waals surface area contributed by atoms with Crippen LogP contribution in [0.25, 0.3) is 0 Å². The van der Waals surface area contributed by atoms with Crippen molar-refractivity contribution in [1.29, 1.82) is 0 Å². The molecule has 0 bridgehead atoms. The second-order valence-electron chi connectivity index (χ2n) is 5.92. The predicted octanol–water partition coefficient (Wildman–Crippen LogP) is 2.14. The van der Waals surface area contributed by atoms with E-state index in [1.807, 2.05) is 21.7 Å². The first kappa shape index (κ1) is 12.4. The summed E-state index contributed by atoms with van der Waals surface area (Å²) >= 11 is 0. The number of nitrogens with one attached hydrogen (secondary N) is 1. The third-order valence-electron chi connectivity index (χ3n) is 4.53. The lowest BCUT2D eigenvalue weighted by Gasteiger charge is -2.18. The average Bonchev–Trinajstić information content (AvgIpc) is 2.95. The van der Waals surface area contributed by atoms with Gasteiger partial charge in [0, 0.05) is 43.1 Å². The van der Waals surface area contributed by atoms with Crippen LogP contribution >= 0.6 is 0 Å². The van der Waals surface area contributed by atoms with Crippen molar-refractivity contribution in [2.75, 3.05) is 18.0 Å². The molecule has 1 N–H and O–H groups in total. The first-order valence-electron chi connectivity index (χ1n) is 7.39. The van der Waals surface area contributed by atoms with Gasteiger partial charge in [0.2, 0.25) is 0 Å². The number of amides is 2. The standard InChI is InChI=1S/C16H18N4O/c21-15(18-8-10-19-9-7-17-12-19)20-11-16(5-6-16)13-3-1-2-4-14(13)20/h1-4,7,9,12H,5-6,8,10-11H2,(H,18,21). The summed E-state index contributed by atoms with van der Waals surface area (Å²) in [5, 5.41) is 3.01. The molecule has 2 aliphatic rings. The minimum absolute atomic E-state index is 0.00587. The lowest BCUT2D eigenvalue weighted by atomic mass is 9.99. The zero-order chi connectivity index (χ0) is 14.3. The highest BCUT2D eigenvalue weighted by Gasteiger charge is 2.52. The molecule has 2 heterocycles. The van der Waals surface area contributed by atoms with Crippen LogP contribution < -0.4 is 10.2 Å². The Morgan fingerprint density at radius 1 is 1.33 bits per heavy atom. The van der Waals surface area contributed by atoms with Gasteiger partial charge in [0.25, 0.3) is 0 Å². The molecule has 2 aromatic rings. The zero-order valence-electron chi connectivity index (χ0n) is 11.8. The molecule has 5 heteroatoms. The first-order valence-corrected chi connectivity index (χ1v) is 7.39. The molecular formula is C16H18N4O. The fourth-order valence-electron chi connectivity index (χ4n) is 3.20. The Balaban J connectivity index is 1.43. The molecule has 1 aromatic heterocycles. The van der Waals surface area contributed by atoms with Crippen molar-refractivity contribution in [3.05, 3.63) is 48.5 Å². The van der Waals surface area contributed by atoms with Crippen LogP contribution in [0.5, 0.6) is 0 Å². The SMILES string of the molecule is O=C(NCCn1ccnc1)N1CC2(CC2)c2ccccc21. The Kier molecular flexibility index (Phi) is 2.74. The van der Waals surface area contributed by atoms with E-state index in [4.69, 9.17) is 0 Å². The van der Waals surface area contributed by atoms with Gasteiger partial charge in [0.05, 0.1) is 6.33 Å². The van der Waals surface area contributed by atoms with Gasteiger partial charge in [-0.05, 0) is 24.5 Å². The van der Waals surface area contributed by atoms with Crippen molar-refractivity contribution >= 4 is 11.7 Å². The van der Waals surface area contributed by atoms with Gasteiger partial charge in [0.15, 0.2) is 0 Å². The number of carbonyl (C=O) groups is 1. The van der Waals surface area contributed by atoms with Gasteiger partial charge < -0.3 is 9.88 Å². The Morgan fingerprint density at radius 3 is 2.95 bits per heavy atom. The number of rotatable bonds is 3. The van der Waals surface area contributed by atoms with Crippen molar-refractivity contribution < 1.29 is 4.79 Å². The highest BCUT2D eigenvalue weighted by Crippen LogP contribution is 2.56. The maximum absolute atomic E-state index is 12.4. The third kappa shape index (κ3) is 2.09. The van der Waals surface area contributed by atoms with E-state index in [-0.39, 0.29) is 11.4 Å². The maximum Gasteiger partial charge on any atom is 0.321 e. The largest absolute Gasteiger partial charge is 0.336 e. The summed E-state index contributed by atoms with van der Waals surface area (Å²) in [5.74, 6) is 0. The summed E-state index contributed by atoms with van der Waals surface area (Å²) in [6, 6.07) is 8.30. The Labute approximate surface area is 123 Å². The zero-order valence-corrected chi connectivity index (χ0v) is 11.8. The summed E-state index contributed by atoms with van der Waals surface area (Å²) in [7, 11) is 0. The molecule has 0 radical (unpaired) electrons. The predicted molar refractivity (Wildman–Crippen MR) is 80.3 cm³/mol. The van der Waals surface area contributed by atoms with E-state index in [9.17, 15) is 4.79 Å². The summed E-state index contributed by atoms with van der Waals surface area (Å²) in [4.78, 5) is 18.3. The Bertz CT molecular complexity index is 661. The maximum atomic E-state index is 12.4. The van der Waals surface area contributed by atoms with Crippen LogP contribution in [0.3, 0.4) is 0 Å². The van der Waals surface area contributed by atoms with Gasteiger partial charge in [-0.2, -0.15) is 0 Å². The molecule has 1 aromatic carbocycles. The van der Waals surface area contributed by atoms with Crippen LogP contribution in [0.1, 0.15) is 18.4 Å². The smallest absolute Gasteiger partial charge is 0.321 e.